The number of ether oxygens (including phenoxy) is 2. The summed E-state index contributed by atoms with van der Waals surface area (Å²) in [5, 5.41) is 1.52. The topological polar surface area (TPSA) is 51.7 Å². The average molecular weight is 439 g/mol. The highest BCUT2D eigenvalue weighted by molar-refractivity contribution is 6.30. The van der Waals surface area contributed by atoms with E-state index in [9.17, 15) is 4.79 Å². The van der Waals surface area contributed by atoms with Crippen LogP contribution in [0.5, 0.6) is 11.5 Å². The van der Waals surface area contributed by atoms with E-state index in [-0.39, 0.29) is 11.8 Å². The molecule has 1 aromatic heterocycles. The minimum atomic E-state index is 0.108. The maximum absolute atomic E-state index is 13.1. The second-order valence-corrected chi connectivity index (χ2v) is 8.55. The Kier molecular flexibility index (Phi) is 6.05. The molecule has 1 heterocycles. The van der Waals surface area contributed by atoms with Crippen molar-refractivity contribution in [2.24, 2.45) is 5.92 Å². The van der Waals surface area contributed by atoms with Crippen LogP contribution in [0.3, 0.4) is 0 Å². The van der Waals surface area contributed by atoms with Crippen LogP contribution in [0.25, 0.3) is 10.9 Å². The number of pyridine rings is 1. The normalized spacial score (nSPS) is 13.3. The van der Waals surface area contributed by atoms with E-state index in [0.29, 0.717) is 29.7 Å². The highest BCUT2D eigenvalue weighted by Crippen LogP contribution is 2.34. The van der Waals surface area contributed by atoms with E-state index in [2.05, 4.69) is 30.1 Å². The van der Waals surface area contributed by atoms with Crippen LogP contribution in [0.15, 0.2) is 36.4 Å². The first-order chi connectivity index (χ1) is 14.9. The predicted molar refractivity (Wildman–Crippen MR) is 123 cm³/mol. The zero-order chi connectivity index (χ0) is 22.1. The number of carbonyl (C=O) groups is 1. The van der Waals surface area contributed by atoms with Crippen molar-refractivity contribution in [2.75, 3.05) is 14.2 Å². The lowest BCUT2D eigenvalue weighted by molar-refractivity contribution is -0.133. The summed E-state index contributed by atoms with van der Waals surface area (Å²) in [5.74, 6) is 1.58. The molecule has 0 unspecified atom stereocenters. The first-order valence-electron chi connectivity index (χ1n) is 10.5. The second-order valence-electron chi connectivity index (χ2n) is 8.19. The minimum Gasteiger partial charge on any atom is -0.493 e. The highest BCUT2D eigenvalue weighted by atomic mass is 35.5. The number of hydrogen-bond acceptors (Lipinski definition) is 4. The molecule has 31 heavy (non-hydrogen) atoms. The van der Waals surface area contributed by atoms with Crippen molar-refractivity contribution in [3.8, 4) is 11.5 Å². The molecular weight excluding hydrogens is 412 g/mol. The van der Waals surface area contributed by atoms with Crippen molar-refractivity contribution < 1.29 is 14.3 Å². The van der Waals surface area contributed by atoms with Gasteiger partial charge in [-0.15, -0.1) is 0 Å². The van der Waals surface area contributed by atoms with Gasteiger partial charge >= 0.3 is 0 Å². The number of carbonyl (C=O) groups excluding carboxylic acids is 1. The Morgan fingerprint density at radius 2 is 1.74 bits per heavy atom. The Bertz CT molecular complexity index is 1140. The van der Waals surface area contributed by atoms with Gasteiger partial charge in [0.25, 0.3) is 0 Å². The molecule has 3 aromatic rings. The number of benzene rings is 2. The lowest BCUT2D eigenvalue weighted by Gasteiger charge is -2.24. The van der Waals surface area contributed by atoms with E-state index >= 15 is 0 Å². The van der Waals surface area contributed by atoms with Gasteiger partial charge in [0, 0.05) is 30.0 Å². The van der Waals surface area contributed by atoms with Crippen molar-refractivity contribution in [3.63, 3.8) is 0 Å². The molecule has 1 aliphatic carbocycles. The van der Waals surface area contributed by atoms with E-state index in [1.807, 2.05) is 30.0 Å². The summed E-state index contributed by atoms with van der Waals surface area (Å²) in [6, 6.07) is 12.0. The molecule has 1 aliphatic rings. The molecule has 162 valence electrons. The SMILES string of the molecule is COc1ccc(CN(Cc2cc3c(C)ccc(C)c3nc2Cl)C(=O)C2CC2)cc1OC. The molecule has 0 atom stereocenters. The Hall–Kier alpha value is -2.79. The number of amides is 1. The van der Waals surface area contributed by atoms with E-state index in [1.54, 1.807) is 14.2 Å². The van der Waals surface area contributed by atoms with Gasteiger partial charge in [0.2, 0.25) is 5.91 Å². The van der Waals surface area contributed by atoms with E-state index in [1.165, 1.54) is 0 Å². The number of aryl methyl sites for hydroxylation is 2. The van der Waals surface area contributed by atoms with Crippen LogP contribution in [0.4, 0.5) is 0 Å². The van der Waals surface area contributed by atoms with Gasteiger partial charge < -0.3 is 14.4 Å². The monoisotopic (exact) mass is 438 g/mol. The fraction of sp³-hybridized carbons (Fsp3) is 0.360. The third-order valence-corrected chi connectivity index (χ3v) is 6.18. The Balaban J connectivity index is 1.67. The highest BCUT2D eigenvalue weighted by Gasteiger charge is 2.34. The molecule has 0 saturated heterocycles. The van der Waals surface area contributed by atoms with Gasteiger partial charge in [0.1, 0.15) is 5.15 Å². The molecule has 0 radical (unpaired) electrons. The molecule has 4 rings (SSSR count). The van der Waals surface area contributed by atoms with Crippen molar-refractivity contribution in [1.82, 2.24) is 9.88 Å². The van der Waals surface area contributed by atoms with Crippen LogP contribution >= 0.6 is 11.6 Å². The summed E-state index contributed by atoms with van der Waals surface area (Å²) in [6.07, 6.45) is 1.90. The molecule has 0 spiro atoms. The van der Waals surface area contributed by atoms with Crippen molar-refractivity contribution in [1.29, 1.82) is 0 Å². The molecule has 1 amide bonds. The zero-order valence-electron chi connectivity index (χ0n) is 18.4. The Morgan fingerprint density at radius 1 is 1.03 bits per heavy atom. The summed E-state index contributed by atoms with van der Waals surface area (Å²) >= 11 is 6.58. The fourth-order valence-corrected chi connectivity index (χ4v) is 4.07. The van der Waals surface area contributed by atoms with Crippen molar-refractivity contribution in [3.05, 3.63) is 63.8 Å². The second kappa shape index (κ2) is 8.75. The van der Waals surface area contributed by atoms with E-state index in [4.69, 9.17) is 21.1 Å². The van der Waals surface area contributed by atoms with Gasteiger partial charge in [-0.25, -0.2) is 4.98 Å². The van der Waals surface area contributed by atoms with Gasteiger partial charge in [0.05, 0.1) is 19.7 Å². The number of fused-ring (bicyclic) bond motifs is 1. The summed E-state index contributed by atoms with van der Waals surface area (Å²) in [4.78, 5) is 19.6. The Labute approximate surface area is 187 Å². The fourth-order valence-electron chi connectivity index (χ4n) is 3.87. The van der Waals surface area contributed by atoms with E-state index in [0.717, 1.165) is 46.0 Å². The lowest BCUT2D eigenvalue weighted by atomic mass is 10.0. The first-order valence-corrected chi connectivity index (χ1v) is 10.8. The molecule has 0 bridgehead atoms. The first kappa shape index (κ1) is 21.4. The lowest BCUT2D eigenvalue weighted by Crippen LogP contribution is -2.31. The standard InChI is InChI=1S/C25H27ClN2O3/c1-15-5-6-16(2)23-20(15)12-19(24(26)27-23)14-28(25(29)18-8-9-18)13-17-7-10-21(30-3)22(11-17)31-4/h5-7,10-12,18H,8-9,13-14H2,1-4H3. The summed E-state index contributed by atoms with van der Waals surface area (Å²) in [5.41, 5.74) is 4.98. The van der Waals surface area contributed by atoms with E-state index < -0.39 is 0 Å². The molecule has 6 heteroatoms. The predicted octanol–water partition coefficient (Wildman–Crippen LogP) is 5.46. The van der Waals surface area contributed by atoms with Crippen LogP contribution in [0.2, 0.25) is 5.15 Å². The zero-order valence-corrected chi connectivity index (χ0v) is 19.1. The van der Waals surface area contributed by atoms with Gasteiger partial charge in [-0.2, -0.15) is 0 Å². The van der Waals surface area contributed by atoms with Gasteiger partial charge in [-0.05, 0) is 61.6 Å². The van der Waals surface area contributed by atoms with Crippen molar-refractivity contribution >= 4 is 28.4 Å². The molecule has 0 N–H and O–H groups in total. The maximum Gasteiger partial charge on any atom is 0.226 e. The molecular formula is C25H27ClN2O3. The molecule has 2 aromatic carbocycles. The smallest absolute Gasteiger partial charge is 0.226 e. The third kappa shape index (κ3) is 4.47. The van der Waals surface area contributed by atoms with Crippen LogP contribution in [-0.4, -0.2) is 30.0 Å². The molecule has 1 saturated carbocycles. The summed E-state index contributed by atoms with van der Waals surface area (Å²) in [7, 11) is 3.22. The maximum atomic E-state index is 13.1. The van der Waals surface area contributed by atoms with Crippen LogP contribution in [0, 0.1) is 19.8 Å². The number of rotatable bonds is 7. The number of methoxy groups -OCH3 is 2. The Morgan fingerprint density at radius 3 is 2.42 bits per heavy atom. The van der Waals surface area contributed by atoms with Crippen LogP contribution in [-0.2, 0) is 17.9 Å². The number of aromatic nitrogens is 1. The quantitative estimate of drug-likeness (QED) is 0.459. The minimum absolute atomic E-state index is 0.108. The summed E-state index contributed by atoms with van der Waals surface area (Å²) < 4.78 is 10.8. The number of halogens is 1. The average Bonchev–Trinajstić information content (AvgIpc) is 3.61. The third-order valence-electron chi connectivity index (χ3n) is 5.85. The molecule has 5 nitrogen and oxygen atoms in total. The largest absolute Gasteiger partial charge is 0.493 e. The molecule has 0 aliphatic heterocycles. The number of nitrogens with zero attached hydrogens (tertiary/aromatic N) is 2. The van der Waals surface area contributed by atoms with Gasteiger partial charge in [0.15, 0.2) is 11.5 Å². The van der Waals surface area contributed by atoms with Crippen molar-refractivity contribution in [2.45, 2.75) is 39.8 Å². The van der Waals surface area contributed by atoms with Crippen LogP contribution < -0.4 is 9.47 Å². The molecule has 1 fully saturated rings. The van der Waals surface area contributed by atoms with Crippen LogP contribution in [0.1, 0.15) is 35.1 Å². The summed E-state index contributed by atoms with van der Waals surface area (Å²) in [6.45, 7) is 4.98. The number of hydrogen-bond donors (Lipinski definition) is 0. The van der Waals surface area contributed by atoms with Gasteiger partial charge in [-0.1, -0.05) is 29.8 Å². The van der Waals surface area contributed by atoms with Gasteiger partial charge in [-0.3, -0.25) is 4.79 Å².